The first kappa shape index (κ1) is 16.8. The first-order valence-electron chi connectivity index (χ1n) is 8.45. The maximum atomic E-state index is 13.3. The number of nitrogens with zero attached hydrogens (tertiary/aromatic N) is 2. The van der Waals surface area contributed by atoms with E-state index in [4.69, 9.17) is 4.98 Å². The monoisotopic (exact) mass is 358 g/mol. The minimum absolute atomic E-state index is 0.0235. The van der Waals surface area contributed by atoms with E-state index in [0.29, 0.717) is 5.52 Å². The van der Waals surface area contributed by atoms with Crippen LogP contribution in [0.4, 0.5) is 10.1 Å². The zero-order valence-electron chi connectivity index (χ0n) is 14.5. The fourth-order valence-corrected chi connectivity index (χ4v) is 3.33. The number of pyridine rings is 1. The molecule has 0 atom stereocenters. The number of halogens is 1. The molecule has 0 aliphatic rings. The third-order valence-electron chi connectivity index (χ3n) is 4.60. The molecule has 1 aromatic heterocycles. The molecule has 0 aliphatic heterocycles. The number of fused-ring (bicyclic) bond motifs is 1. The highest BCUT2D eigenvalue weighted by Gasteiger charge is 2.17. The molecule has 132 valence electrons. The van der Waals surface area contributed by atoms with Crippen LogP contribution in [0.5, 0.6) is 0 Å². The summed E-state index contributed by atoms with van der Waals surface area (Å²) in [6.07, 6.45) is 0. The lowest BCUT2D eigenvalue weighted by atomic mass is 9.92. The molecule has 0 unspecified atom stereocenters. The molecule has 0 radical (unpaired) electrons. The molecule has 0 saturated heterocycles. The van der Waals surface area contributed by atoms with Crippen LogP contribution in [0.3, 0.4) is 0 Å². The van der Waals surface area contributed by atoms with E-state index in [1.54, 1.807) is 24.3 Å². The minimum Gasteiger partial charge on any atom is -0.258 e. The number of hydrogen-bond donors (Lipinski definition) is 0. The average molecular weight is 358 g/mol. The topological polar surface area (TPSA) is 56.0 Å². The Kier molecular flexibility index (Phi) is 4.12. The van der Waals surface area contributed by atoms with Gasteiger partial charge in [0.25, 0.3) is 5.69 Å². The van der Waals surface area contributed by atoms with E-state index in [0.717, 1.165) is 33.3 Å². The summed E-state index contributed by atoms with van der Waals surface area (Å²) in [5.74, 6) is -0.309. The van der Waals surface area contributed by atoms with Crippen molar-refractivity contribution in [2.75, 3.05) is 0 Å². The van der Waals surface area contributed by atoms with Gasteiger partial charge in [0, 0.05) is 23.1 Å². The molecule has 4 aromatic rings. The normalized spacial score (nSPS) is 10.9. The predicted molar refractivity (Wildman–Crippen MR) is 104 cm³/mol. The van der Waals surface area contributed by atoms with Crippen molar-refractivity contribution in [3.63, 3.8) is 0 Å². The highest BCUT2D eigenvalue weighted by Crippen LogP contribution is 2.37. The van der Waals surface area contributed by atoms with Gasteiger partial charge in [0.1, 0.15) is 5.82 Å². The number of hydrogen-bond acceptors (Lipinski definition) is 3. The van der Waals surface area contributed by atoms with Gasteiger partial charge < -0.3 is 0 Å². The summed E-state index contributed by atoms with van der Waals surface area (Å²) < 4.78 is 13.3. The Labute approximate surface area is 155 Å². The molecule has 0 bridgehead atoms. The summed E-state index contributed by atoms with van der Waals surface area (Å²) in [5.41, 5.74) is 4.94. The van der Waals surface area contributed by atoms with Crippen LogP contribution >= 0.6 is 0 Å². The van der Waals surface area contributed by atoms with Crippen LogP contribution in [0.25, 0.3) is 33.3 Å². The van der Waals surface area contributed by atoms with Gasteiger partial charge >= 0.3 is 0 Å². The first-order valence-corrected chi connectivity index (χ1v) is 8.45. The fourth-order valence-electron chi connectivity index (χ4n) is 3.33. The summed E-state index contributed by atoms with van der Waals surface area (Å²) in [6, 6.07) is 20.6. The number of nitro groups is 1. The summed E-state index contributed by atoms with van der Waals surface area (Å²) in [7, 11) is 0. The van der Waals surface area contributed by atoms with E-state index < -0.39 is 4.92 Å². The third kappa shape index (κ3) is 3.04. The molecular formula is C22H15FN2O2. The molecule has 0 saturated carbocycles. The molecule has 0 amide bonds. The molecule has 4 rings (SSSR count). The van der Waals surface area contributed by atoms with Crippen LogP contribution in [-0.2, 0) is 0 Å². The standard InChI is InChI=1S/C22H15FN2O2/c1-14-21(15-5-3-2-4-6-15)19-13-18(25(26)27)11-12-20(19)24-22(14)16-7-9-17(23)10-8-16/h2-13H,1H3. The van der Waals surface area contributed by atoms with E-state index in [9.17, 15) is 14.5 Å². The Hall–Kier alpha value is -3.60. The van der Waals surface area contributed by atoms with E-state index in [2.05, 4.69) is 0 Å². The zero-order valence-corrected chi connectivity index (χ0v) is 14.5. The van der Waals surface area contributed by atoms with Crippen molar-refractivity contribution in [3.05, 3.63) is 94.3 Å². The Morgan fingerprint density at radius 3 is 2.30 bits per heavy atom. The van der Waals surface area contributed by atoms with E-state index >= 15 is 0 Å². The smallest absolute Gasteiger partial charge is 0.258 e. The molecule has 0 N–H and O–H groups in total. The summed E-state index contributed by atoms with van der Waals surface area (Å²) in [5, 5.41) is 12.0. The molecule has 27 heavy (non-hydrogen) atoms. The Balaban J connectivity index is 2.08. The summed E-state index contributed by atoms with van der Waals surface area (Å²) in [4.78, 5) is 15.6. The Morgan fingerprint density at radius 2 is 1.63 bits per heavy atom. The number of non-ortho nitro benzene ring substituents is 1. The molecule has 5 heteroatoms. The maximum Gasteiger partial charge on any atom is 0.270 e. The van der Waals surface area contributed by atoms with Crippen LogP contribution in [0.2, 0.25) is 0 Å². The van der Waals surface area contributed by atoms with Crippen LogP contribution < -0.4 is 0 Å². The highest BCUT2D eigenvalue weighted by atomic mass is 19.1. The second-order valence-corrected chi connectivity index (χ2v) is 6.29. The van der Waals surface area contributed by atoms with Crippen molar-refractivity contribution in [1.29, 1.82) is 0 Å². The molecule has 0 aliphatic carbocycles. The van der Waals surface area contributed by atoms with Crippen molar-refractivity contribution < 1.29 is 9.31 Å². The highest BCUT2D eigenvalue weighted by molar-refractivity contribution is 6.00. The maximum absolute atomic E-state index is 13.3. The van der Waals surface area contributed by atoms with Gasteiger partial charge in [-0.05, 0) is 53.9 Å². The van der Waals surface area contributed by atoms with Gasteiger partial charge in [0.2, 0.25) is 0 Å². The van der Waals surface area contributed by atoms with Gasteiger partial charge in [0.15, 0.2) is 0 Å². The first-order chi connectivity index (χ1) is 13.0. The molecule has 0 spiro atoms. The second kappa shape index (κ2) is 6.61. The minimum atomic E-state index is -0.405. The molecule has 3 aromatic carbocycles. The third-order valence-corrected chi connectivity index (χ3v) is 4.60. The van der Waals surface area contributed by atoms with E-state index in [1.807, 2.05) is 37.3 Å². The lowest BCUT2D eigenvalue weighted by Crippen LogP contribution is -1.97. The van der Waals surface area contributed by atoms with Crippen molar-refractivity contribution in [2.45, 2.75) is 6.92 Å². The fraction of sp³-hybridized carbons (Fsp3) is 0.0455. The van der Waals surface area contributed by atoms with Gasteiger partial charge in [-0.2, -0.15) is 0 Å². The van der Waals surface area contributed by atoms with Crippen LogP contribution in [0, 0.1) is 22.9 Å². The van der Waals surface area contributed by atoms with Crippen molar-refractivity contribution in [2.24, 2.45) is 0 Å². The molecule has 1 heterocycles. The van der Waals surface area contributed by atoms with E-state index in [1.165, 1.54) is 18.2 Å². The van der Waals surface area contributed by atoms with Crippen molar-refractivity contribution >= 4 is 16.6 Å². The van der Waals surface area contributed by atoms with Gasteiger partial charge in [-0.25, -0.2) is 9.37 Å². The van der Waals surface area contributed by atoms with Crippen molar-refractivity contribution in [3.8, 4) is 22.4 Å². The van der Waals surface area contributed by atoms with Gasteiger partial charge in [-0.15, -0.1) is 0 Å². The quantitative estimate of drug-likeness (QED) is 0.337. The number of aromatic nitrogens is 1. The van der Waals surface area contributed by atoms with Crippen LogP contribution in [0.15, 0.2) is 72.8 Å². The van der Waals surface area contributed by atoms with Crippen molar-refractivity contribution in [1.82, 2.24) is 4.98 Å². The van der Waals surface area contributed by atoms with Gasteiger partial charge in [-0.1, -0.05) is 30.3 Å². The largest absolute Gasteiger partial charge is 0.270 e. The summed E-state index contributed by atoms with van der Waals surface area (Å²) in [6.45, 7) is 1.94. The molecular weight excluding hydrogens is 343 g/mol. The number of rotatable bonds is 3. The van der Waals surface area contributed by atoms with E-state index in [-0.39, 0.29) is 11.5 Å². The molecule has 4 nitrogen and oxygen atoms in total. The lowest BCUT2D eigenvalue weighted by molar-refractivity contribution is -0.384. The second-order valence-electron chi connectivity index (χ2n) is 6.29. The molecule has 0 fully saturated rings. The van der Waals surface area contributed by atoms with Gasteiger partial charge in [0.05, 0.1) is 16.1 Å². The predicted octanol–water partition coefficient (Wildman–Crippen LogP) is 5.92. The van der Waals surface area contributed by atoms with Crippen LogP contribution in [0.1, 0.15) is 5.56 Å². The lowest BCUT2D eigenvalue weighted by Gasteiger charge is -2.15. The van der Waals surface area contributed by atoms with Gasteiger partial charge in [-0.3, -0.25) is 10.1 Å². The number of benzene rings is 3. The van der Waals surface area contributed by atoms with Crippen LogP contribution in [-0.4, -0.2) is 9.91 Å². The Bertz CT molecular complexity index is 1160. The summed E-state index contributed by atoms with van der Waals surface area (Å²) >= 11 is 0. The average Bonchev–Trinajstić information content (AvgIpc) is 2.68. The zero-order chi connectivity index (χ0) is 19.0. The Morgan fingerprint density at radius 1 is 0.926 bits per heavy atom. The SMILES string of the molecule is Cc1c(-c2ccc(F)cc2)nc2ccc([N+](=O)[O-])cc2c1-c1ccccc1. The number of nitro benzene ring substituents is 1.